The van der Waals surface area contributed by atoms with E-state index in [4.69, 9.17) is 5.11 Å². The molecule has 0 bridgehead atoms. The maximum Gasteiger partial charge on any atom is 3.00 e. The monoisotopic (exact) mass is 400 g/mol. The van der Waals surface area contributed by atoms with Gasteiger partial charge < -0.3 is 34.8 Å². The summed E-state index contributed by atoms with van der Waals surface area (Å²) in [5, 5.41) is 38.9. The number of carboxylic acids is 3. The van der Waals surface area contributed by atoms with Gasteiger partial charge in [0.1, 0.15) is 5.60 Å². The van der Waals surface area contributed by atoms with Crippen LogP contribution in [0.15, 0.2) is 0 Å². The number of carbonyl (C=O) groups is 3. The van der Waals surface area contributed by atoms with Crippen LogP contribution in [0.2, 0.25) is 0 Å². The van der Waals surface area contributed by atoms with Crippen LogP contribution in [0, 0.1) is 0 Å². The number of aliphatic hydroxyl groups is 1. The average Bonchev–Trinajstić information content (AvgIpc) is 1.82. The molecule has 0 amide bonds. The van der Waals surface area contributed by atoms with Crippen molar-refractivity contribution in [2.45, 2.75) is 18.4 Å². The number of rotatable bonds is 5. The van der Waals surface area contributed by atoms with Crippen LogP contribution in [0.4, 0.5) is 0 Å². The Kier molecular flexibility index (Phi) is 6.59. The minimum Gasteiger partial charge on any atom is -0.550 e. The molecule has 0 unspecified atom stereocenters. The van der Waals surface area contributed by atoms with Gasteiger partial charge in [-0.15, -0.1) is 0 Å². The van der Waals surface area contributed by atoms with Crippen LogP contribution in [0.5, 0.6) is 0 Å². The van der Waals surface area contributed by atoms with E-state index in [2.05, 4.69) is 0 Å². The van der Waals surface area contributed by atoms with E-state index in [1.165, 1.54) is 0 Å². The first-order valence-electron chi connectivity index (χ1n) is 3.11. The Morgan fingerprint density at radius 1 is 1.07 bits per heavy atom. The van der Waals surface area contributed by atoms with Crippen molar-refractivity contribution in [3.63, 3.8) is 0 Å². The first-order valence-corrected chi connectivity index (χ1v) is 3.11. The molecule has 0 aromatic carbocycles. The molecule has 0 aliphatic carbocycles. The zero-order valence-electron chi connectivity index (χ0n) is 6.76. The molecule has 8 heteroatoms. The van der Waals surface area contributed by atoms with E-state index in [1.54, 1.807) is 0 Å². The van der Waals surface area contributed by atoms with E-state index < -0.39 is 36.4 Å². The number of hydrogen-bond donors (Lipinski definition) is 1. The van der Waals surface area contributed by atoms with Gasteiger partial charge in [0.25, 0.3) is 0 Å². The molecule has 0 spiro atoms. The molecule has 0 aliphatic heterocycles. The molecule has 0 aliphatic rings. The van der Waals surface area contributed by atoms with E-state index in [9.17, 15) is 29.7 Å². The molecule has 78 valence electrons. The fourth-order valence-electron chi connectivity index (χ4n) is 0.684. The van der Waals surface area contributed by atoms with E-state index in [0.717, 1.165) is 0 Å². The molecule has 0 rings (SSSR count). The van der Waals surface area contributed by atoms with Gasteiger partial charge in [0.2, 0.25) is 0 Å². The molecule has 0 saturated heterocycles. The zero-order valence-corrected chi connectivity index (χ0v) is 10.2. The van der Waals surface area contributed by atoms with Crippen LogP contribution < -0.4 is 15.3 Å². The van der Waals surface area contributed by atoms with Gasteiger partial charge >= 0.3 is 26.2 Å². The summed E-state index contributed by atoms with van der Waals surface area (Å²) in [6, 6.07) is 0. The molecule has 0 saturated carbocycles. The third-order valence-electron chi connectivity index (χ3n) is 1.25. The second kappa shape index (κ2) is 5.87. The molecule has 0 atom stereocenters. The average molecular weight is 400 g/mol. The predicted molar refractivity (Wildman–Crippen MR) is 37.1 cm³/mol. The Morgan fingerprint density at radius 2 is 1.36 bits per heavy atom. The Labute approximate surface area is 99.0 Å². The van der Waals surface area contributed by atoms with Gasteiger partial charge in [-0.05, 0) is 0 Å². The molecule has 0 heterocycles. The summed E-state index contributed by atoms with van der Waals surface area (Å²) in [4.78, 5) is 30.0. The van der Waals surface area contributed by atoms with Crippen molar-refractivity contribution in [2.75, 3.05) is 0 Å². The van der Waals surface area contributed by atoms with Crippen LogP contribution in [0.3, 0.4) is 0 Å². The van der Waals surface area contributed by atoms with Gasteiger partial charge in [0, 0.05) is 26.2 Å². The van der Waals surface area contributed by atoms with Gasteiger partial charge in [-0.2, -0.15) is 0 Å². The van der Waals surface area contributed by atoms with Crippen molar-refractivity contribution in [3.8, 4) is 0 Å². The van der Waals surface area contributed by atoms with Gasteiger partial charge in [-0.25, -0.2) is 0 Å². The van der Waals surface area contributed by atoms with Gasteiger partial charge in [0.05, 0.1) is 5.97 Å². The summed E-state index contributed by atoms with van der Waals surface area (Å²) >= 11 is 0. The fraction of sp³-hybridized carbons (Fsp3) is 0.500. The standard InChI is InChI=1S/C6H8O7.Bi.H2/c7-3(8)1-6(13,5(11)12)2-4(9)10;;/h13H,1-2H2,(H,7,8)(H,9,10)(H,11,12);;1H/q;+3;/p-3. The van der Waals surface area contributed by atoms with Crippen molar-refractivity contribution in [1.82, 2.24) is 0 Å². The van der Waals surface area contributed by atoms with Crippen LogP contribution in [0.1, 0.15) is 14.3 Å². The first-order chi connectivity index (χ1) is 5.78. The number of aliphatic carboxylic acids is 3. The second-order valence-electron chi connectivity index (χ2n) is 2.42. The maximum atomic E-state index is 10.1. The minimum atomic E-state index is -2.97. The Bertz CT molecular complexity index is 238. The van der Waals surface area contributed by atoms with Crippen molar-refractivity contribution in [3.05, 3.63) is 0 Å². The molecule has 2 radical (unpaired) electrons. The molecule has 7 nitrogen and oxygen atoms in total. The normalized spacial score (nSPS) is 10.1. The van der Waals surface area contributed by atoms with Crippen LogP contribution in [0.25, 0.3) is 0 Å². The second-order valence-corrected chi connectivity index (χ2v) is 2.42. The van der Waals surface area contributed by atoms with Crippen molar-refractivity contribution in [1.29, 1.82) is 0 Å². The Morgan fingerprint density at radius 3 is 1.50 bits per heavy atom. The van der Waals surface area contributed by atoms with E-state index >= 15 is 0 Å². The molecule has 0 fully saturated rings. The zero-order chi connectivity index (χ0) is 10.6. The largest absolute Gasteiger partial charge is 3.00 e. The summed E-state index contributed by atoms with van der Waals surface area (Å²) in [5.41, 5.74) is -2.97. The third-order valence-corrected chi connectivity index (χ3v) is 1.25. The topological polar surface area (TPSA) is 141 Å². The van der Waals surface area contributed by atoms with Crippen molar-refractivity contribution in [2.24, 2.45) is 0 Å². The van der Waals surface area contributed by atoms with Crippen molar-refractivity contribution < 1.29 is 36.2 Å². The summed E-state index contributed by atoms with van der Waals surface area (Å²) in [7, 11) is 0. The molecule has 0 aromatic heterocycles. The SMILES string of the molecule is O=C([O-])CC(O)(CC(=O)[O-])C(=O)[O-].[Bi+3].[HH]. The molecular formula is C6H7BiO7. The van der Waals surface area contributed by atoms with E-state index in [-0.39, 0.29) is 27.6 Å². The maximum absolute atomic E-state index is 10.1. The summed E-state index contributed by atoms with van der Waals surface area (Å²) in [6.45, 7) is 0. The number of hydrogen-bond acceptors (Lipinski definition) is 7. The third kappa shape index (κ3) is 5.08. The van der Waals surface area contributed by atoms with E-state index in [1.807, 2.05) is 0 Å². The fourth-order valence-corrected chi connectivity index (χ4v) is 0.684. The first kappa shape index (κ1) is 15.7. The molecular weight excluding hydrogens is 393 g/mol. The Hall–Kier alpha value is -0.747. The smallest absolute Gasteiger partial charge is 0.550 e. The van der Waals surface area contributed by atoms with Crippen molar-refractivity contribution >= 4 is 44.1 Å². The predicted octanol–water partition coefficient (Wildman–Crippen LogP) is -5.39. The molecule has 1 N–H and O–H groups in total. The molecule has 14 heavy (non-hydrogen) atoms. The van der Waals surface area contributed by atoms with Crippen LogP contribution >= 0.6 is 0 Å². The van der Waals surface area contributed by atoms with Gasteiger partial charge in [0.15, 0.2) is 0 Å². The van der Waals surface area contributed by atoms with Gasteiger partial charge in [-0.3, -0.25) is 0 Å². The minimum absolute atomic E-state index is 0. The quantitative estimate of drug-likeness (QED) is 0.455. The van der Waals surface area contributed by atoms with Crippen LogP contribution in [-0.2, 0) is 14.4 Å². The summed E-state index contributed by atoms with van der Waals surface area (Å²) in [5.74, 6) is -5.98. The Balaban J connectivity index is -0.000000720. The summed E-state index contributed by atoms with van der Waals surface area (Å²) < 4.78 is 0. The van der Waals surface area contributed by atoms with E-state index in [0.29, 0.717) is 0 Å². The number of carbonyl (C=O) groups excluding carboxylic acids is 3. The van der Waals surface area contributed by atoms with Crippen LogP contribution in [-0.4, -0.2) is 54.8 Å². The molecule has 0 aromatic rings. The van der Waals surface area contributed by atoms with Gasteiger partial charge in [-0.1, -0.05) is 0 Å². The number of carboxylic acid groups (broad SMARTS) is 3. The summed E-state index contributed by atoms with van der Waals surface area (Å²) in [6.07, 6.45) is -2.72.